The van der Waals surface area contributed by atoms with Gasteiger partial charge in [-0.15, -0.1) is 16.8 Å². The fourth-order valence-corrected chi connectivity index (χ4v) is 6.44. The lowest BCUT2D eigenvalue weighted by atomic mass is 9.84. The van der Waals surface area contributed by atoms with E-state index in [0.717, 1.165) is 37.9 Å². The minimum atomic E-state index is -0.510. The molecule has 0 aliphatic carbocycles. The lowest BCUT2D eigenvalue weighted by molar-refractivity contribution is -0.197. The molecule has 2 amide bonds. The number of benzene rings is 3. The van der Waals surface area contributed by atoms with Crippen LogP contribution in [0.4, 0.5) is 0 Å². The van der Waals surface area contributed by atoms with Gasteiger partial charge in [0.1, 0.15) is 0 Å². The Kier molecular flexibility index (Phi) is 10.2. The molecule has 0 unspecified atom stereocenters. The molecule has 0 aromatic heterocycles. The molecule has 4 rings (SSSR count). The largest absolute Gasteiger partial charge is 0.333 e. The average molecular weight is 530 g/mol. The van der Waals surface area contributed by atoms with E-state index < -0.39 is 17.8 Å². The maximum absolute atomic E-state index is 11.9. The third-order valence-corrected chi connectivity index (χ3v) is 8.47. The van der Waals surface area contributed by atoms with Crippen LogP contribution in [0.2, 0.25) is 0 Å². The average Bonchev–Trinajstić information content (AvgIpc) is 3.28. The number of rotatable bonds is 14. The summed E-state index contributed by atoms with van der Waals surface area (Å²) >= 11 is 1.99. The molecule has 1 aliphatic rings. The first-order chi connectivity index (χ1) is 18.6. The minimum Gasteiger partial charge on any atom is -0.330 e. The van der Waals surface area contributed by atoms with Gasteiger partial charge < -0.3 is 4.84 Å². The van der Waals surface area contributed by atoms with Crippen molar-refractivity contribution in [3.05, 3.63) is 108 Å². The zero-order chi connectivity index (χ0) is 26.6. The van der Waals surface area contributed by atoms with Gasteiger partial charge in [0, 0.05) is 19.3 Å². The first-order valence-corrected chi connectivity index (χ1v) is 14.5. The number of amides is 2. The Morgan fingerprint density at radius 3 is 1.55 bits per heavy atom. The molecular formula is C32H35NO4S. The molecule has 1 fully saturated rings. The molecule has 0 spiro atoms. The second-order valence-electron chi connectivity index (χ2n) is 9.54. The number of hydrogen-bond acceptors (Lipinski definition) is 5. The molecule has 6 heteroatoms. The van der Waals surface area contributed by atoms with Crippen LogP contribution in [0.5, 0.6) is 0 Å². The first kappa shape index (κ1) is 27.6. The van der Waals surface area contributed by atoms with Crippen molar-refractivity contribution in [3.63, 3.8) is 0 Å². The predicted molar refractivity (Wildman–Crippen MR) is 151 cm³/mol. The van der Waals surface area contributed by atoms with Gasteiger partial charge in [0.2, 0.25) is 0 Å². The Balaban J connectivity index is 1.26. The second-order valence-corrected chi connectivity index (χ2v) is 10.9. The van der Waals surface area contributed by atoms with Crippen LogP contribution in [0.25, 0.3) is 0 Å². The van der Waals surface area contributed by atoms with E-state index in [1.807, 2.05) is 11.8 Å². The number of unbranched alkanes of at least 4 members (excludes halogenated alkanes) is 5. The van der Waals surface area contributed by atoms with Crippen molar-refractivity contribution in [1.82, 2.24) is 5.06 Å². The van der Waals surface area contributed by atoms with Crippen molar-refractivity contribution in [3.8, 4) is 0 Å². The van der Waals surface area contributed by atoms with Crippen LogP contribution in [0.3, 0.4) is 0 Å². The zero-order valence-electron chi connectivity index (χ0n) is 21.7. The summed E-state index contributed by atoms with van der Waals surface area (Å²) in [6.45, 7) is 0. The fraction of sp³-hybridized carbons (Fsp3) is 0.344. The van der Waals surface area contributed by atoms with Gasteiger partial charge in [-0.25, -0.2) is 4.79 Å². The van der Waals surface area contributed by atoms with Gasteiger partial charge in [0.25, 0.3) is 11.8 Å². The molecule has 5 nitrogen and oxygen atoms in total. The third-order valence-electron chi connectivity index (χ3n) is 6.83. The summed E-state index contributed by atoms with van der Waals surface area (Å²) in [6, 6.07) is 32.3. The molecule has 0 radical (unpaired) electrons. The Morgan fingerprint density at radius 2 is 1.08 bits per heavy atom. The molecule has 1 saturated heterocycles. The van der Waals surface area contributed by atoms with Crippen molar-refractivity contribution in [2.24, 2.45) is 0 Å². The van der Waals surface area contributed by atoms with Gasteiger partial charge in [-0.1, -0.05) is 117 Å². The van der Waals surface area contributed by atoms with Crippen LogP contribution < -0.4 is 0 Å². The fourth-order valence-electron chi connectivity index (χ4n) is 4.88. The predicted octanol–water partition coefficient (Wildman–Crippen LogP) is 7.05. The maximum Gasteiger partial charge on any atom is 0.333 e. The monoisotopic (exact) mass is 529 g/mol. The molecule has 1 aliphatic heterocycles. The topological polar surface area (TPSA) is 63.7 Å². The van der Waals surface area contributed by atoms with Gasteiger partial charge in [0.05, 0.1) is 4.75 Å². The number of imide groups is 1. The molecule has 0 N–H and O–H groups in total. The Labute approximate surface area is 229 Å². The highest BCUT2D eigenvalue weighted by atomic mass is 32.2. The van der Waals surface area contributed by atoms with E-state index in [1.165, 1.54) is 16.7 Å². The van der Waals surface area contributed by atoms with E-state index in [2.05, 4.69) is 91.0 Å². The van der Waals surface area contributed by atoms with Crippen LogP contribution in [0, 0.1) is 0 Å². The van der Waals surface area contributed by atoms with Crippen molar-refractivity contribution >= 4 is 29.5 Å². The molecule has 0 bridgehead atoms. The highest BCUT2D eigenvalue weighted by molar-refractivity contribution is 8.00. The molecule has 38 heavy (non-hydrogen) atoms. The number of nitrogens with zero attached hydrogens (tertiary/aromatic N) is 1. The van der Waals surface area contributed by atoms with Crippen molar-refractivity contribution < 1.29 is 19.2 Å². The standard InChI is InChI=1S/C32H35NO4S/c34-29-23-24-30(35)33(29)37-31(36)22-14-3-1-2-4-15-25-38-32(26-16-8-5-9-17-26,27-18-10-6-11-19-27)28-20-12-7-13-21-28/h5-13,16-21H,1-4,14-15,22-25H2. The van der Waals surface area contributed by atoms with Gasteiger partial charge in [-0.3, -0.25) is 9.59 Å². The molecule has 3 aromatic carbocycles. The summed E-state index contributed by atoms with van der Waals surface area (Å²) in [7, 11) is 0. The second kappa shape index (κ2) is 14.0. The van der Waals surface area contributed by atoms with E-state index in [9.17, 15) is 14.4 Å². The number of carbonyl (C=O) groups is 3. The normalized spacial score (nSPS) is 13.6. The molecule has 3 aromatic rings. The molecule has 1 heterocycles. The van der Waals surface area contributed by atoms with Crippen molar-refractivity contribution in [2.45, 2.75) is 62.5 Å². The zero-order valence-corrected chi connectivity index (χ0v) is 22.5. The molecule has 0 saturated carbocycles. The summed E-state index contributed by atoms with van der Waals surface area (Å²) < 4.78 is -0.276. The summed E-state index contributed by atoms with van der Waals surface area (Å²) in [5, 5.41) is 0.625. The minimum absolute atomic E-state index is 0.119. The van der Waals surface area contributed by atoms with E-state index >= 15 is 0 Å². The summed E-state index contributed by atoms with van der Waals surface area (Å²) in [4.78, 5) is 40.0. The smallest absolute Gasteiger partial charge is 0.330 e. The van der Waals surface area contributed by atoms with Gasteiger partial charge >= 0.3 is 5.97 Å². The number of hydroxylamine groups is 2. The summed E-state index contributed by atoms with van der Waals surface area (Å²) in [5.74, 6) is -0.346. The first-order valence-electron chi connectivity index (χ1n) is 13.5. The highest BCUT2D eigenvalue weighted by Crippen LogP contribution is 2.48. The van der Waals surface area contributed by atoms with E-state index in [-0.39, 0.29) is 24.0 Å². The van der Waals surface area contributed by atoms with E-state index in [1.54, 1.807) is 0 Å². The lowest BCUT2D eigenvalue weighted by Gasteiger charge is -2.35. The molecule has 198 valence electrons. The number of carbonyl (C=O) groups excluding carboxylic acids is 3. The Bertz CT molecular complexity index is 1070. The summed E-state index contributed by atoms with van der Waals surface area (Å²) in [5.41, 5.74) is 3.85. The van der Waals surface area contributed by atoms with Crippen LogP contribution in [0.15, 0.2) is 91.0 Å². The molecule has 0 atom stereocenters. The maximum atomic E-state index is 11.9. The summed E-state index contributed by atoms with van der Waals surface area (Å²) in [6.07, 6.45) is 6.47. The number of thioether (sulfide) groups is 1. The number of hydrogen-bond donors (Lipinski definition) is 0. The van der Waals surface area contributed by atoms with Gasteiger partial charge in [-0.05, 0) is 35.3 Å². The highest BCUT2D eigenvalue weighted by Gasteiger charge is 2.36. The van der Waals surface area contributed by atoms with Crippen LogP contribution >= 0.6 is 11.8 Å². The van der Waals surface area contributed by atoms with Gasteiger partial charge in [0.15, 0.2) is 0 Å². The lowest BCUT2D eigenvalue weighted by Crippen LogP contribution is -2.31. The van der Waals surface area contributed by atoms with Gasteiger partial charge in [-0.2, -0.15) is 0 Å². The van der Waals surface area contributed by atoms with Crippen LogP contribution in [-0.4, -0.2) is 28.6 Å². The quantitative estimate of drug-likeness (QED) is 0.127. The van der Waals surface area contributed by atoms with Crippen LogP contribution in [0.1, 0.15) is 74.5 Å². The van der Waals surface area contributed by atoms with E-state index in [4.69, 9.17) is 4.84 Å². The SMILES string of the molecule is O=C(CCCCCCCCSC(c1ccccc1)(c1ccccc1)c1ccccc1)ON1C(=O)CCC1=O. The van der Waals surface area contributed by atoms with Crippen molar-refractivity contribution in [2.75, 3.05) is 5.75 Å². The Morgan fingerprint density at radius 1 is 0.658 bits per heavy atom. The van der Waals surface area contributed by atoms with Crippen molar-refractivity contribution in [1.29, 1.82) is 0 Å². The Hall–Kier alpha value is -3.38. The van der Waals surface area contributed by atoms with E-state index in [0.29, 0.717) is 11.5 Å². The third kappa shape index (κ3) is 6.93. The molecular weight excluding hydrogens is 494 g/mol. The van der Waals surface area contributed by atoms with Crippen LogP contribution in [-0.2, 0) is 24.0 Å².